The molecule has 6 rings (SSSR count). The summed E-state index contributed by atoms with van der Waals surface area (Å²) >= 11 is 3.07. The summed E-state index contributed by atoms with van der Waals surface area (Å²) in [5, 5.41) is 4.16. The van der Waals surface area contributed by atoms with Gasteiger partial charge in [-0.2, -0.15) is 0 Å². The standard InChI is InChI=1S/C26H25FN2O3S2/c1-32-19-5-3-2-4-18(19)22-21-14-6-7-15(12-14)23(21)33-25-24(22)34-26(31)29(25)13-20(30)28-17-10-8-16(27)9-11-17/h2-5,8-11,14-15,21-23H,6-7,12-13H2,1H3,(H,28,30). The lowest BCUT2D eigenvalue weighted by atomic mass is 9.74. The van der Waals surface area contributed by atoms with Crippen LogP contribution in [0, 0.1) is 23.6 Å². The van der Waals surface area contributed by atoms with Crippen molar-refractivity contribution in [3.63, 3.8) is 0 Å². The fourth-order valence-corrected chi connectivity index (χ4v) is 9.38. The Morgan fingerprint density at radius 1 is 1.15 bits per heavy atom. The predicted octanol–water partition coefficient (Wildman–Crippen LogP) is 5.35. The average molecular weight is 497 g/mol. The number of nitrogens with one attached hydrogen (secondary N) is 1. The molecule has 2 fully saturated rings. The van der Waals surface area contributed by atoms with E-state index in [1.807, 2.05) is 18.2 Å². The van der Waals surface area contributed by atoms with E-state index < -0.39 is 0 Å². The molecule has 2 saturated carbocycles. The molecule has 3 aromatic rings. The van der Waals surface area contributed by atoms with E-state index in [0.717, 1.165) is 21.2 Å². The molecule has 1 amide bonds. The first kappa shape index (κ1) is 21.9. The highest BCUT2D eigenvalue weighted by molar-refractivity contribution is 8.00. The normalized spacial score (nSPS) is 26.7. The topological polar surface area (TPSA) is 60.3 Å². The number of hydrogen-bond acceptors (Lipinski definition) is 5. The van der Waals surface area contributed by atoms with Gasteiger partial charge in [0, 0.05) is 27.3 Å². The van der Waals surface area contributed by atoms with Crippen molar-refractivity contribution in [3.05, 3.63) is 74.5 Å². The molecule has 3 aliphatic rings. The van der Waals surface area contributed by atoms with Crippen molar-refractivity contribution in [2.75, 3.05) is 12.4 Å². The first-order valence-corrected chi connectivity index (χ1v) is 13.3. The van der Waals surface area contributed by atoms with Crippen molar-refractivity contribution in [2.24, 2.45) is 17.8 Å². The zero-order chi connectivity index (χ0) is 23.4. The van der Waals surface area contributed by atoms with Crippen LogP contribution >= 0.6 is 23.1 Å². The summed E-state index contributed by atoms with van der Waals surface area (Å²) in [4.78, 5) is 26.9. The van der Waals surface area contributed by atoms with Crippen molar-refractivity contribution >= 4 is 34.7 Å². The van der Waals surface area contributed by atoms with Crippen molar-refractivity contribution < 1.29 is 13.9 Å². The van der Waals surface area contributed by atoms with Gasteiger partial charge in [0.1, 0.15) is 18.1 Å². The fourth-order valence-electron chi connectivity index (χ4n) is 6.24. The number of benzene rings is 2. The van der Waals surface area contributed by atoms with Gasteiger partial charge in [-0.15, -0.1) is 11.8 Å². The maximum absolute atomic E-state index is 13.2. The van der Waals surface area contributed by atoms with E-state index in [2.05, 4.69) is 11.4 Å². The van der Waals surface area contributed by atoms with Gasteiger partial charge in [0.15, 0.2) is 0 Å². The largest absolute Gasteiger partial charge is 0.496 e. The molecule has 1 aromatic heterocycles. The monoisotopic (exact) mass is 496 g/mol. The van der Waals surface area contributed by atoms with E-state index in [9.17, 15) is 14.0 Å². The van der Waals surface area contributed by atoms with Crippen molar-refractivity contribution in [1.82, 2.24) is 4.57 Å². The van der Waals surface area contributed by atoms with Crippen LogP contribution in [0.5, 0.6) is 5.75 Å². The highest BCUT2D eigenvalue weighted by Crippen LogP contribution is 2.64. The summed E-state index contributed by atoms with van der Waals surface area (Å²) in [7, 11) is 1.70. The molecule has 0 spiro atoms. The zero-order valence-electron chi connectivity index (χ0n) is 18.7. The Morgan fingerprint density at radius 3 is 2.71 bits per heavy atom. The van der Waals surface area contributed by atoms with Crippen LogP contribution in [-0.4, -0.2) is 22.8 Å². The molecule has 5 unspecified atom stereocenters. The Morgan fingerprint density at radius 2 is 1.91 bits per heavy atom. The Labute approximate surface area is 205 Å². The minimum Gasteiger partial charge on any atom is -0.496 e. The molecule has 1 aliphatic heterocycles. The average Bonchev–Trinajstić information content (AvgIpc) is 3.54. The van der Waals surface area contributed by atoms with Gasteiger partial charge in [-0.25, -0.2) is 4.39 Å². The molecular weight excluding hydrogens is 471 g/mol. The Hall–Kier alpha value is -2.58. The molecule has 5 atom stereocenters. The van der Waals surface area contributed by atoms with Gasteiger partial charge < -0.3 is 10.1 Å². The number of methoxy groups -OCH3 is 1. The number of halogens is 1. The lowest BCUT2D eigenvalue weighted by Crippen LogP contribution is -2.35. The number of fused-ring (bicyclic) bond motifs is 6. The summed E-state index contributed by atoms with van der Waals surface area (Å²) in [6, 6.07) is 13.8. The number of carbonyl (C=O) groups is 1. The summed E-state index contributed by atoms with van der Waals surface area (Å²) in [6.45, 7) is -0.0564. The number of aromatic nitrogens is 1. The van der Waals surface area contributed by atoms with Crippen molar-refractivity contribution in [2.45, 2.75) is 42.0 Å². The van der Waals surface area contributed by atoms with Crippen LogP contribution in [0.4, 0.5) is 10.1 Å². The first-order chi connectivity index (χ1) is 16.5. The molecule has 8 heteroatoms. The smallest absolute Gasteiger partial charge is 0.308 e. The van der Waals surface area contributed by atoms with Crippen LogP contribution in [0.15, 0.2) is 58.4 Å². The highest BCUT2D eigenvalue weighted by Gasteiger charge is 2.55. The third-order valence-corrected chi connectivity index (χ3v) is 10.4. The maximum atomic E-state index is 13.2. The molecule has 34 heavy (non-hydrogen) atoms. The van der Waals surface area contributed by atoms with Crippen LogP contribution in [0.1, 0.15) is 35.6 Å². The van der Waals surface area contributed by atoms with E-state index in [0.29, 0.717) is 28.7 Å². The molecule has 2 bridgehead atoms. The molecular formula is C26H25FN2O3S2. The number of rotatable bonds is 5. The van der Waals surface area contributed by atoms with Gasteiger partial charge in [-0.1, -0.05) is 29.5 Å². The fraction of sp³-hybridized carbons (Fsp3) is 0.385. The highest BCUT2D eigenvalue weighted by atomic mass is 32.2. The molecule has 0 saturated heterocycles. The molecule has 2 aliphatic carbocycles. The number of carbonyl (C=O) groups excluding carboxylic acids is 1. The number of thioether (sulfide) groups is 1. The second kappa shape index (κ2) is 8.57. The molecule has 176 valence electrons. The number of anilines is 1. The van der Waals surface area contributed by atoms with Gasteiger partial charge in [0.05, 0.1) is 12.1 Å². The lowest BCUT2D eigenvalue weighted by molar-refractivity contribution is -0.116. The van der Waals surface area contributed by atoms with Gasteiger partial charge in [0.2, 0.25) is 5.91 Å². The van der Waals surface area contributed by atoms with Gasteiger partial charge in [0.25, 0.3) is 0 Å². The van der Waals surface area contributed by atoms with Gasteiger partial charge in [-0.05, 0) is 67.3 Å². The predicted molar refractivity (Wildman–Crippen MR) is 132 cm³/mol. The SMILES string of the molecule is COc1ccccc1C1c2sc(=O)n(CC(=O)Nc3ccc(F)cc3)c2SC2C3CCC(C3)C12. The maximum Gasteiger partial charge on any atom is 0.308 e. The van der Waals surface area contributed by atoms with Crippen LogP contribution in [0.25, 0.3) is 0 Å². The summed E-state index contributed by atoms with van der Waals surface area (Å²) in [6.07, 6.45) is 3.74. The molecule has 5 nitrogen and oxygen atoms in total. The molecule has 1 N–H and O–H groups in total. The number of nitrogens with zero attached hydrogens (tertiary/aromatic N) is 1. The second-order valence-corrected chi connectivity index (χ2v) is 11.6. The van der Waals surface area contributed by atoms with E-state index >= 15 is 0 Å². The Balaban J connectivity index is 1.38. The third kappa shape index (κ3) is 3.58. The summed E-state index contributed by atoms with van der Waals surface area (Å²) in [5.74, 6) is 2.10. The molecule has 0 radical (unpaired) electrons. The quantitative estimate of drug-likeness (QED) is 0.517. The lowest BCUT2D eigenvalue weighted by Gasteiger charge is -2.40. The van der Waals surface area contributed by atoms with Crippen LogP contribution in [0.2, 0.25) is 0 Å². The van der Waals surface area contributed by atoms with Gasteiger partial charge in [-0.3, -0.25) is 14.2 Å². The van der Waals surface area contributed by atoms with Crippen molar-refractivity contribution in [3.8, 4) is 5.75 Å². The van der Waals surface area contributed by atoms with E-state index in [4.69, 9.17) is 4.74 Å². The third-order valence-electron chi connectivity index (χ3n) is 7.59. The summed E-state index contributed by atoms with van der Waals surface area (Å²) in [5.41, 5.74) is 1.65. The zero-order valence-corrected chi connectivity index (χ0v) is 20.3. The summed E-state index contributed by atoms with van der Waals surface area (Å²) < 4.78 is 20.6. The number of thiazole rings is 1. The van der Waals surface area contributed by atoms with E-state index in [-0.39, 0.29) is 29.1 Å². The minimum absolute atomic E-state index is 0.0564. The molecule has 2 heterocycles. The van der Waals surface area contributed by atoms with E-state index in [1.165, 1.54) is 54.9 Å². The van der Waals surface area contributed by atoms with Crippen LogP contribution < -0.4 is 14.9 Å². The number of ether oxygens (including phenoxy) is 1. The van der Waals surface area contributed by atoms with Crippen LogP contribution in [0.3, 0.4) is 0 Å². The van der Waals surface area contributed by atoms with E-state index in [1.54, 1.807) is 23.4 Å². The minimum atomic E-state index is -0.361. The molecule has 2 aromatic carbocycles. The Bertz CT molecular complexity index is 1300. The number of para-hydroxylation sites is 1. The first-order valence-electron chi connectivity index (χ1n) is 11.6. The Kier molecular flexibility index (Phi) is 5.53. The second-order valence-electron chi connectivity index (χ2n) is 9.39. The van der Waals surface area contributed by atoms with Crippen molar-refractivity contribution in [1.29, 1.82) is 0 Å². The van der Waals surface area contributed by atoms with Gasteiger partial charge >= 0.3 is 4.87 Å². The number of hydrogen-bond donors (Lipinski definition) is 1. The number of amides is 1. The van der Waals surface area contributed by atoms with Crippen LogP contribution in [-0.2, 0) is 11.3 Å².